The monoisotopic (exact) mass is 359 g/mol. The molecule has 0 saturated heterocycles. The molecule has 9 heteroatoms. The summed E-state index contributed by atoms with van der Waals surface area (Å²) in [6.45, 7) is 0.794. The van der Waals surface area contributed by atoms with Crippen molar-refractivity contribution in [1.82, 2.24) is 15.0 Å². The maximum absolute atomic E-state index is 13.6. The summed E-state index contributed by atoms with van der Waals surface area (Å²) in [5.41, 5.74) is -0.0637. The molecule has 1 aliphatic rings. The number of aromatic nitrogens is 3. The van der Waals surface area contributed by atoms with E-state index in [4.69, 9.17) is 9.47 Å². The van der Waals surface area contributed by atoms with Gasteiger partial charge in [0.05, 0.1) is 5.69 Å². The molecule has 0 spiro atoms. The van der Waals surface area contributed by atoms with Crippen molar-refractivity contribution in [2.45, 2.75) is 0 Å². The van der Waals surface area contributed by atoms with Gasteiger partial charge in [0.15, 0.2) is 17.2 Å². The quantitative estimate of drug-likeness (QED) is 0.774. The number of halogens is 2. The Labute approximate surface area is 145 Å². The van der Waals surface area contributed by atoms with Gasteiger partial charge in [-0.15, -0.1) is 5.10 Å². The lowest BCUT2D eigenvalue weighted by atomic mass is 10.1. The van der Waals surface area contributed by atoms with Crippen LogP contribution >= 0.6 is 0 Å². The number of carbonyl (C=O) groups is 1. The number of fused-ring (bicyclic) bond motifs is 1. The lowest BCUT2D eigenvalue weighted by Gasteiger charge is -2.19. The van der Waals surface area contributed by atoms with Crippen LogP contribution in [0.2, 0.25) is 0 Å². The van der Waals surface area contributed by atoms with E-state index in [1.807, 2.05) is 0 Å². The van der Waals surface area contributed by atoms with Gasteiger partial charge < -0.3 is 14.6 Å². The van der Waals surface area contributed by atoms with Crippen LogP contribution in [0.3, 0.4) is 0 Å². The molecule has 0 bridgehead atoms. The second kappa shape index (κ2) is 6.10. The first-order valence-electron chi connectivity index (χ1n) is 7.58. The Morgan fingerprint density at radius 2 is 1.73 bits per heavy atom. The van der Waals surface area contributed by atoms with E-state index in [-0.39, 0.29) is 11.3 Å². The van der Waals surface area contributed by atoms with E-state index in [1.54, 1.807) is 18.2 Å². The number of hydrogen-bond donors (Lipinski definition) is 1. The van der Waals surface area contributed by atoms with Crippen molar-refractivity contribution in [2.75, 3.05) is 13.2 Å². The predicted octanol–water partition coefficient (Wildman–Crippen LogP) is 2.68. The lowest BCUT2D eigenvalue weighted by Crippen LogP contribution is -2.15. The highest BCUT2D eigenvalue weighted by Gasteiger charge is 2.23. The molecule has 0 aliphatic carbocycles. The van der Waals surface area contributed by atoms with Crippen LogP contribution in [-0.2, 0) is 0 Å². The molecule has 0 fully saturated rings. The Balaban J connectivity index is 1.91. The van der Waals surface area contributed by atoms with Crippen molar-refractivity contribution in [1.29, 1.82) is 0 Å². The molecule has 132 valence electrons. The number of nitrogens with zero attached hydrogens (tertiary/aromatic N) is 3. The van der Waals surface area contributed by atoms with Gasteiger partial charge >= 0.3 is 5.97 Å². The van der Waals surface area contributed by atoms with Crippen molar-refractivity contribution in [3.63, 3.8) is 0 Å². The van der Waals surface area contributed by atoms with Gasteiger partial charge in [0.25, 0.3) is 0 Å². The first kappa shape index (κ1) is 16.0. The summed E-state index contributed by atoms with van der Waals surface area (Å²) in [7, 11) is 0. The van der Waals surface area contributed by atoms with E-state index >= 15 is 0 Å². The van der Waals surface area contributed by atoms with E-state index in [2.05, 4.69) is 10.3 Å². The maximum Gasteiger partial charge on any atom is 0.358 e. The third-order valence-electron chi connectivity index (χ3n) is 3.78. The largest absolute Gasteiger partial charge is 0.486 e. The number of carboxylic acids is 1. The van der Waals surface area contributed by atoms with Gasteiger partial charge in [0, 0.05) is 17.7 Å². The van der Waals surface area contributed by atoms with Crippen LogP contribution < -0.4 is 9.47 Å². The van der Waals surface area contributed by atoms with Crippen LogP contribution in [0.25, 0.3) is 16.9 Å². The van der Waals surface area contributed by atoms with E-state index in [9.17, 15) is 18.7 Å². The van der Waals surface area contributed by atoms with Crippen LogP contribution in [0.1, 0.15) is 10.5 Å². The fourth-order valence-electron chi connectivity index (χ4n) is 2.72. The Morgan fingerprint density at radius 1 is 1.04 bits per heavy atom. The van der Waals surface area contributed by atoms with Crippen LogP contribution in [0.4, 0.5) is 8.78 Å². The molecular formula is C17H11F2N3O4. The molecule has 1 N–H and O–H groups in total. The molecule has 0 saturated carbocycles. The molecule has 1 aromatic heterocycles. The molecule has 2 aromatic carbocycles. The average Bonchev–Trinajstić information content (AvgIpc) is 3.06. The van der Waals surface area contributed by atoms with Crippen LogP contribution in [0.5, 0.6) is 11.5 Å². The van der Waals surface area contributed by atoms with Gasteiger partial charge in [-0.25, -0.2) is 18.3 Å². The van der Waals surface area contributed by atoms with Gasteiger partial charge in [0.1, 0.15) is 30.5 Å². The van der Waals surface area contributed by atoms with Crippen molar-refractivity contribution in [3.05, 3.63) is 53.7 Å². The Hall–Kier alpha value is -3.49. The lowest BCUT2D eigenvalue weighted by molar-refractivity contribution is 0.0691. The fourth-order valence-corrected chi connectivity index (χ4v) is 2.72. The first-order valence-corrected chi connectivity index (χ1v) is 7.58. The third kappa shape index (κ3) is 2.73. The minimum atomic E-state index is -1.37. The topological polar surface area (TPSA) is 86.5 Å². The zero-order chi connectivity index (χ0) is 18.3. The van der Waals surface area contributed by atoms with E-state index < -0.39 is 23.3 Å². The van der Waals surface area contributed by atoms with Crippen molar-refractivity contribution >= 4 is 5.97 Å². The SMILES string of the molecule is O=C(O)c1nnn(-c2ccc3c(c2)OCCO3)c1-c1cc(F)cc(F)c1. The summed E-state index contributed by atoms with van der Waals surface area (Å²) in [6, 6.07) is 7.58. The second-order valence-corrected chi connectivity index (χ2v) is 5.49. The van der Waals surface area contributed by atoms with Crippen molar-refractivity contribution in [2.24, 2.45) is 0 Å². The Morgan fingerprint density at radius 3 is 2.42 bits per heavy atom. The van der Waals surface area contributed by atoms with Crippen LogP contribution in [0, 0.1) is 11.6 Å². The van der Waals surface area contributed by atoms with E-state index in [0.717, 1.165) is 12.1 Å². The maximum atomic E-state index is 13.6. The molecule has 2 heterocycles. The number of benzene rings is 2. The molecule has 4 rings (SSSR count). The normalized spacial score (nSPS) is 12.8. The van der Waals surface area contributed by atoms with Crippen LogP contribution in [-0.4, -0.2) is 39.3 Å². The number of ether oxygens (including phenoxy) is 2. The van der Waals surface area contributed by atoms with Crippen molar-refractivity contribution in [3.8, 4) is 28.4 Å². The average molecular weight is 359 g/mol. The highest BCUT2D eigenvalue weighted by molar-refractivity contribution is 5.93. The number of rotatable bonds is 3. The van der Waals surface area contributed by atoms with E-state index in [1.165, 1.54) is 4.68 Å². The standard InChI is InChI=1S/C17H11F2N3O4/c18-10-5-9(6-11(19)7-10)16-15(17(23)24)20-21-22(16)12-1-2-13-14(8-12)26-4-3-25-13/h1-2,5-8H,3-4H2,(H,23,24). The van der Waals surface area contributed by atoms with E-state index in [0.29, 0.717) is 36.5 Å². The smallest absolute Gasteiger partial charge is 0.358 e. The van der Waals surface area contributed by atoms with Crippen LogP contribution in [0.15, 0.2) is 36.4 Å². The molecular weight excluding hydrogens is 348 g/mol. The Kier molecular flexibility index (Phi) is 3.76. The number of carboxylic acid groups (broad SMARTS) is 1. The van der Waals surface area contributed by atoms with Crippen molar-refractivity contribution < 1.29 is 28.2 Å². The van der Waals surface area contributed by atoms with Gasteiger partial charge in [0.2, 0.25) is 0 Å². The Bertz CT molecular complexity index is 999. The first-order chi connectivity index (χ1) is 12.5. The summed E-state index contributed by atoms with van der Waals surface area (Å²) in [5.74, 6) is -2.06. The third-order valence-corrected chi connectivity index (χ3v) is 3.78. The summed E-state index contributed by atoms with van der Waals surface area (Å²) in [5, 5.41) is 16.8. The fraction of sp³-hybridized carbons (Fsp3) is 0.118. The van der Waals surface area contributed by atoms with Gasteiger partial charge in [-0.05, 0) is 24.3 Å². The minimum absolute atomic E-state index is 0.000195. The summed E-state index contributed by atoms with van der Waals surface area (Å²) in [6.07, 6.45) is 0. The molecule has 0 atom stereocenters. The number of aromatic carboxylic acids is 1. The van der Waals surface area contributed by atoms with Gasteiger partial charge in [-0.3, -0.25) is 0 Å². The summed E-state index contributed by atoms with van der Waals surface area (Å²) >= 11 is 0. The molecule has 3 aromatic rings. The zero-order valence-electron chi connectivity index (χ0n) is 13.1. The highest BCUT2D eigenvalue weighted by Crippen LogP contribution is 2.34. The van der Waals surface area contributed by atoms with Gasteiger partial charge in [-0.2, -0.15) is 0 Å². The summed E-state index contributed by atoms with van der Waals surface area (Å²) < 4.78 is 39.4. The van der Waals surface area contributed by atoms with Gasteiger partial charge in [-0.1, -0.05) is 5.21 Å². The predicted molar refractivity (Wildman–Crippen MR) is 84.7 cm³/mol. The second-order valence-electron chi connectivity index (χ2n) is 5.49. The number of hydrogen-bond acceptors (Lipinski definition) is 5. The molecule has 26 heavy (non-hydrogen) atoms. The molecule has 0 amide bonds. The molecule has 7 nitrogen and oxygen atoms in total. The molecule has 1 aliphatic heterocycles. The summed E-state index contributed by atoms with van der Waals surface area (Å²) in [4.78, 5) is 11.5. The minimum Gasteiger partial charge on any atom is -0.486 e. The molecule has 0 radical (unpaired) electrons. The molecule has 0 unspecified atom stereocenters. The zero-order valence-corrected chi connectivity index (χ0v) is 13.1. The highest BCUT2D eigenvalue weighted by atomic mass is 19.1.